The summed E-state index contributed by atoms with van der Waals surface area (Å²) in [5.74, 6) is -0.0890. The maximum Gasteiger partial charge on any atom is 0.270 e. The average Bonchev–Trinajstić information content (AvgIpc) is 2.98. The van der Waals surface area contributed by atoms with Gasteiger partial charge in [-0.2, -0.15) is 0 Å². The number of nitrogens with one attached hydrogen (secondary N) is 1. The lowest BCUT2D eigenvalue weighted by molar-refractivity contribution is 0.0930. The van der Waals surface area contributed by atoms with Crippen molar-refractivity contribution in [2.24, 2.45) is 5.73 Å². The third kappa shape index (κ3) is 6.29. The standard InChI is InChI=1S/C17H23N3OS.ClH/c1-2-6-14(11-13-7-4-3-5-8-13)19-17(21)15-12-22-16(20-15)9-10-18;/h3-5,7-8,12,14H,2,6,9-11,18H2,1H3,(H,19,21);1H. The van der Waals surface area contributed by atoms with Gasteiger partial charge in [0.1, 0.15) is 5.69 Å². The number of nitrogens with two attached hydrogens (primary N) is 1. The fraction of sp³-hybridized carbons (Fsp3) is 0.412. The van der Waals surface area contributed by atoms with Crippen LogP contribution in [0.2, 0.25) is 0 Å². The number of rotatable bonds is 8. The second-order valence-corrected chi connectivity index (χ2v) is 6.26. The van der Waals surface area contributed by atoms with Gasteiger partial charge in [0.25, 0.3) is 5.91 Å². The summed E-state index contributed by atoms with van der Waals surface area (Å²) >= 11 is 1.49. The summed E-state index contributed by atoms with van der Waals surface area (Å²) in [4.78, 5) is 16.7. The molecule has 1 aromatic carbocycles. The SMILES string of the molecule is CCCC(Cc1ccccc1)NC(=O)c1csc(CCN)n1.Cl. The Labute approximate surface area is 147 Å². The summed E-state index contributed by atoms with van der Waals surface area (Å²) in [5.41, 5.74) is 7.26. The van der Waals surface area contributed by atoms with E-state index in [-0.39, 0.29) is 24.4 Å². The minimum absolute atomic E-state index is 0. The number of halogens is 1. The van der Waals surface area contributed by atoms with Crippen LogP contribution in [0.5, 0.6) is 0 Å². The monoisotopic (exact) mass is 353 g/mol. The van der Waals surface area contributed by atoms with Crippen molar-refractivity contribution in [2.75, 3.05) is 6.54 Å². The third-order valence-corrected chi connectivity index (χ3v) is 4.35. The number of hydrogen-bond acceptors (Lipinski definition) is 4. The number of thiazole rings is 1. The molecule has 0 aliphatic heterocycles. The van der Waals surface area contributed by atoms with Gasteiger partial charge >= 0.3 is 0 Å². The number of nitrogens with zero attached hydrogens (tertiary/aromatic N) is 1. The molecule has 1 atom stereocenters. The van der Waals surface area contributed by atoms with Gasteiger partial charge in [-0.15, -0.1) is 23.7 Å². The van der Waals surface area contributed by atoms with Crippen LogP contribution in [-0.2, 0) is 12.8 Å². The minimum Gasteiger partial charge on any atom is -0.348 e. The molecular formula is C17H24ClN3OS. The van der Waals surface area contributed by atoms with E-state index >= 15 is 0 Å². The second-order valence-electron chi connectivity index (χ2n) is 5.31. The molecule has 2 rings (SSSR count). The molecule has 2 aromatic rings. The molecule has 1 amide bonds. The van der Waals surface area contributed by atoms with Crippen LogP contribution in [0.25, 0.3) is 0 Å². The first kappa shape index (κ1) is 19.6. The number of hydrogen-bond donors (Lipinski definition) is 2. The van der Waals surface area contributed by atoms with Crippen LogP contribution in [0.15, 0.2) is 35.7 Å². The smallest absolute Gasteiger partial charge is 0.270 e. The van der Waals surface area contributed by atoms with Crippen LogP contribution in [0, 0.1) is 0 Å². The first-order chi connectivity index (χ1) is 10.7. The molecule has 1 unspecified atom stereocenters. The van der Waals surface area contributed by atoms with Gasteiger partial charge in [0.15, 0.2) is 0 Å². The van der Waals surface area contributed by atoms with Crippen molar-refractivity contribution >= 4 is 29.7 Å². The lowest BCUT2D eigenvalue weighted by atomic mass is 10.0. The van der Waals surface area contributed by atoms with Crippen LogP contribution >= 0.6 is 23.7 Å². The van der Waals surface area contributed by atoms with E-state index in [1.165, 1.54) is 16.9 Å². The highest BCUT2D eigenvalue weighted by molar-refractivity contribution is 7.09. The molecule has 0 fully saturated rings. The largest absolute Gasteiger partial charge is 0.348 e. The molecule has 126 valence electrons. The van der Waals surface area contributed by atoms with E-state index in [1.54, 1.807) is 0 Å². The predicted octanol–water partition coefficient (Wildman–Crippen LogP) is 3.21. The highest BCUT2D eigenvalue weighted by Crippen LogP contribution is 2.12. The molecule has 4 nitrogen and oxygen atoms in total. The van der Waals surface area contributed by atoms with Crippen LogP contribution in [0.4, 0.5) is 0 Å². The van der Waals surface area contributed by atoms with E-state index in [1.807, 2.05) is 23.6 Å². The van der Waals surface area contributed by atoms with E-state index in [9.17, 15) is 4.79 Å². The van der Waals surface area contributed by atoms with Crippen molar-refractivity contribution in [3.8, 4) is 0 Å². The highest BCUT2D eigenvalue weighted by atomic mass is 35.5. The van der Waals surface area contributed by atoms with E-state index in [0.717, 1.165) is 30.7 Å². The summed E-state index contributed by atoms with van der Waals surface area (Å²) < 4.78 is 0. The normalized spacial score (nSPS) is 11.6. The molecule has 0 aliphatic rings. The van der Waals surface area contributed by atoms with Gasteiger partial charge in [-0.05, 0) is 24.9 Å². The third-order valence-electron chi connectivity index (χ3n) is 3.44. The zero-order valence-electron chi connectivity index (χ0n) is 13.3. The maximum absolute atomic E-state index is 12.3. The molecular weight excluding hydrogens is 330 g/mol. The van der Waals surface area contributed by atoms with Crippen molar-refractivity contribution in [1.29, 1.82) is 0 Å². The van der Waals surface area contributed by atoms with Crippen molar-refractivity contribution in [1.82, 2.24) is 10.3 Å². The van der Waals surface area contributed by atoms with Gasteiger partial charge in [-0.25, -0.2) is 4.98 Å². The topological polar surface area (TPSA) is 68.0 Å². The molecule has 0 aliphatic carbocycles. The van der Waals surface area contributed by atoms with Gasteiger partial charge in [0.05, 0.1) is 5.01 Å². The van der Waals surface area contributed by atoms with Crippen molar-refractivity contribution < 1.29 is 4.79 Å². The van der Waals surface area contributed by atoms with Gasteiger partial charge in [0, 0.05) is 17.8 Å². The Kier molecular flexibility index (Phi) is 8.84. The zero-order valence-corrected chi connectivity index (χ0v) is 15.0. The molecule has 0 saturated heterocycles. The Morgan fingerprint density at radius 3 is 2.74 bits per heavy atom. The summed E-state index contributed by atoms with van der Waals surface area (Å²) in [7, 11) is 0. The molecule has 0 bridgehead atoms. The Bertz CT molecular complexity index is 589. The van der Waals surface area contributed by atoms with E-state index < -0.39 is 0 Å². The van der Waals surface area contributed by atoms with Gasteiger partial charge < -0.3 is 11.1 Å². The summed E-state index contributed by atoms with van der Waals surface area (Å²) in [6.45, 7) is 2.69. The molecule has 1 heterocycles. The summed E-state index contributed by atoms with van der Waals surface area (Å²) in [6.07, 6.45) is 3.56. The van der Waals surface area contributed by atoms with Gasteiger partial charge in [0.2, 0.25) is 0 Å². The highest BCUT2D eigenvalue weighted by Gasteiger charge is 2.16. The molecule has 1 aromatic heterocycles. The van der Waals surface area contributed by atoms with Crippen LogP contribution < -0.4 is 11.1 Å². The molecule has 0 spiro atoms. The van der Waals surface area contributed by atoms with Crippen molar-refractivity contribution in [3.63, 3.8) is 0 Å². The second kappa shape index (κ2) is 10.4. The number of benzene rings is 1. The quantitative estimate of drug-likeness (QED) is 0.765. The number of carbonyl (C=O) groups is 1. The van der Waals surface area contributed by atoms with Crippen LogP contribution in [0.1, 0.15) is 40.8 Å². The summed E-state index contributed by atoms with van der Waals surface area (Å²) in [5, 5.41) is 5.84. The fourth-order valence-corrected chi connectivity index (χ4v) is 3.18. The molecule has 6 heteroatoms. The van der Waals surface area contributed by atoms with E-state index in [0.29, 0.717) is 12.2 Å². The maximum atomic E-state index is 12.3. The van der Waals surface area contributed by atoms with E-state index in [4.69, 9.17) is 5.73 Å². The number of aromatic nitrogens is 1. The predicted molar refractivity (Wildman–Crippen MR) is 98.4 cm³/mol. The lowest BCUT2D eigenvalue weighted by Crippen LogP contribution is -2.36. The van der Waals surface area contributed by atoms with E-state index in [2.05, 4.69) is 29.4 Å². The first-order valence-corrected chi connectivity index (χ1v) is 8.60. The van der Waals surface area contributed by atoms with Gasteiger partial charge in [-0.3, -0.25) is 4.79 Å². The Morgan fingerprint density at radius 1 is 1.35 bits per heavy atom. The molecule has 0 radical (unpaired) electrons. The average molecular weight is 354 g/mol. The first-order valence-electron chi connectivity index (χ1n) is 7.72. The molecule has 23 heavy (non-hydrogen) atoms. The number of amides is 1. The summed E-state index contributed by atoms with van der Waals surface area (Å²) in [6, 6.07) is 10.4. The fourth-order valence-electron chi connectivity index (χ4n) is 2.39. The van der Waals surface area contributed by atoms with Crippen molar-refractivity contribution in [3.05, 3.63) is 52.0 Å². The minimum atomic E-state index is -0.0890. The van der Waals surface area contributed by atoms with Crippen LogP contribution in [-0.4, -0.2) is 23.5 Å². The zero-order chi connectivity index (χ0) is 15.8. The van der Waals surface area contributed by atoms with Crippen molar-refractivity contribution in [2.45, 2.75) is 38.6 Å². The lowest BCUT2D eigenvalue weighted by Gasteiger charge is -2.17. The number of carbonyl (C=O) groups excluding carboxylic acids is 1. The molecule has 3 N–H and O–H groups in total. The molecule has 0 saturated carbocycles. The Balaban J connectivity index is 0.00000264. The van der Waals surface area contributed by atoms with Crippen LogP contribution in [0.3, 0.4) is 0 Å². The van der Waals surface area contributed by atoms with Gasteiger partial charge in [-0.1, -0.05) is 43.7 Å². The Morgan fingerprint density at radius 2 is 2.09 bits per heavy atom. The Hall–Kier alpha value is -1.43.